The normalized spacial score (nSPS) is 11.8. The van der Waals surface area contributed by atoms with Crippen molar-refractivity contribution in [2.45, 2.75) is 12.8 Å². The predicted octanol–water partition coefficient (Wildman–Crippen LogP) is 4.93. The van der Waals surface area contributed by atoms with Gasteiger partial charge in [-0.25, -0.2) is 19.2 Å². The molecule has 0 radical (unpaired) electrons. The second kappa shape index (κ2) is 8.83. The van der Waals surface area contributed by atoms with Gasteiger partial charge in [-0.3, -0.25) is 9.72 Å². The van der Waals surface area contributed by atoms with Gasteiger partial charge in [-0.2, -0.15) is 0 Å². The standard InChI is InChI=1S/C23H22FN5O2/c1-15(16-3-7-18(24)8-4-16)14-31-23(30)28-19-9-5-17(6-10-19)20-13-27-22-21(25-2)26-11-12-29(20)22/h3-13,15H,14H2,1-2H3,(H,25,26)(H,28,30). The van der Waals surface area contributed by atoms with Gasteiger partial charge in [-0.1, -0.05) is 31.2 Å². The highest BCUT2D eigenvalue weighted by atomic mass is 19.1. The summed E-state index contributed by atoms with van der Waals surface area (Å²) in [5.74, 6) is 0.367. The zero-order chi connectivity index (χ0) is 21.8. The molecule has 7 nitrogen and oxygen atoms in total. The second-order valence-electron chi connectivity index (χ2n) is 7.12. The van der Waals surface area contributed by atoms with Gasteiger partial charge >= 0.3 is 6.09 Å². The lowest BCUT2D eigenvalue weighted by molar-refractivity contribution is 0.155. The highest BCUT2D eigenvalue weighted by Gasteiger charge is 2.12. The van der Waals surface area contributed by atoms with Crippen LogP contribution >= 0.6 is 0 Å². The van der Waals surface area contributed by atoms with Gasteiger partial charge in [0.1, 0.15) is 5.82 Å². The van der Waals surface area contributed by atoms with Gasteiger partial charge in [0.05, 0.1) is 18.5 Å². The Morgan fingerprint density at radius 2 is 1.87 bits per heavy atom. The smallest absolute Gasteiger partial charge is 0.411 e. The Morgan fingerprint density at radius 1 is 1.13 bits per heavy atom. The van der Waals surface area contributed by atoms with Gasteiger partial charge in [0.15, 0.2) is 11.5 Å². The van der Waals surface area contributed by atoms with Crippen LogP contribution in [-0.4, -0.2) is 34.1 Å². The van der Waals surface area contributed by atoms with Crippen LogP contribution in [0.1, 0.15) is 18.4 Å². The van der Waals surface area contributed by atoms with E-state index in [0.29, 0.717) is 11.5 Å². The van der Waals surface area contributed by atoms with Crippen molar-refractivity contribution in [3.8, 4) is 11.3 Å². The van der Waals surface area contributed by atoms with Crippen molar-refractivity contribution >= 4 is 23.2 Å². The van der Waals surface area contributed by atoms with Crippen molar-refractivity contribution in [2.75, 3.05) is 24.3 Å². The van der Waals surface area contributed by atoms with E-state index in [4.69, 9.17) is 4.74 Å². The Labute approximate surface area is 178 Å². The number of carbonyl (C=O) groups is 1. The first-order valence-electron chi connectivity index (χ1n) is 9.84. The minimum Gasteiger partial charge on any atom is -0.449 e. The van der Waals surface area contributed by atoms with Crippen LogP contribution < -0.4 is 10.6 Å². The molecule has 31 heavy (non-hydrogen) atoms. The van der Waals surface area contributed by atoms with E-state index in [1.165, 1.54) is 12.1 Å². The maximum Gasteiger partial charge on any atom is 0.411 e. The minimum atomic E-state index is -0.541. The summed E-state index contributed by atoms with van der Waals surface area (Å²) in [6, 6.07) is 13.6. The summed E-state index contributed by atoms with van der Waals surface area (Å²) in [5, 5.41) is 5.75. The Balaban J connectivity index is 1.38. The van der Waals surface area contributed by atoms with Gasteiger partial charge in [0, 0.05) is 36.6 Å². The number of hydrogen-bond donors (Lipinski definition) is 2. The molecule has 1 amide bonds. The summed E-state index contributed by atoms with van der Waals surface area (Å²) in [6.45, 7) is 2.11. The Morgan fingerprint density at radius 3 is 2.58 bits per heavy atom. The second-order valence-corrected chi connectivity index (χ2v) is 7.12. The van der Waals surface area contributed by atoms with Gasteiger partial charge < -0.3 is 10.1 Å². The first-order valence-corrected chi connectivity index (χ1v) is 9.84. The lowest BCUT2D eigenvalue weighted by Crippen LogP contribution is -2.17. The summed E-state index contributed by atoms with van der Waals surface area (Å²) < 4.78 is 20.3. The van der Waals surface area contributed by atoms with Crippen LogP contribution in [0.2, 0.25) is 0 Å². The highest BCUT2D eigenvalue weighted by molar-refractivity contribution is 5.85. The maximum absolute atomic E-state index is 13.0. The maximum atomic E-state index is 13.0. The number of aromatic nitrogens is 3. The number of halogens is 1. The average Bonchev–Trinajstić information content (AvgIpc) is 3.23. The van der Waals surface area contributed by atoms with Crippen molar-refractivity contribution < 1.29 is 13.9 Å². The molecule has 2 N–H and O–H groups in total. The average molecular weight is 419 g/mol. The first-order chi connectivity index (χ1) is 15.0. The fraction of sp³-hybridized carbons (Fsp3) is 0.174. The SMILES string of the molecule is CNc1nccn2c(-c3ccc(NC(=O)OCC(C)c4ccc(F)cc4)cc3)cnc12. The summed E-state index contributed by atoms with van der Waals surface area (Å²) >= 11 is 0. The third-order valence-electron chi connectivity index (χ3n) is 5.00. The van der Waals surface area contributed by atoms with Crippen LogP contribution in [-0.2, 0) is 4.74 Å². The number of amides is 1. The fourth-order valence-corrected chi connectivity index (χ4v) is 3.28. The van der Waals surface area contributed by atoms with Gasteiger partial charge in [0.25, 0.3) is 0 Å². The van der Waals surface area contributed by atoms with E-state index >= 15 is 0 Å². The van der Waals surface area contributed by atoms with Crippen molar-refractivity contribution in [3.05, 3.63) is 78.5 Å². The summed E-state index contributed by atoms with van der Waals surface area (Å²) in [7, 11) is 1.80. The molecule has 0 spiro atoms. The molecule has 2 aromatic carbocycles. The Hall–Kier alpha value is -3.94. The molecule has 0 saturated carbocycles. The third kappa shape index (κ3) is 4.48. The minimum absolute atomic E-state index is 0.0409. The molecular formula is C23H22FN5O2. The number of nitrogens with zero attached hydrogens (tertiary/aromatic N) is 3. The topological polar surface area (TPSA) is 80.5 Å². The van der Waals surface area contributed by atoms with Crippen molar-refractivity contribution in [1.82, 2.24) is 14.4 Å². The number of nitrogens with one attached hydrogen (secondary N) is 2. The van der Waals surface area contributed by atoms with E-state index in [9.17, 15) is 9.18 Å². The molecule has 1 unspecified atom stereocenters. The zero-order valence-electron chi connectivity index (χ0n) is 17.2. The van der Waals surface area contributed by atoms with E-state index in [1.807, 2.05) is 29.7 Å². The largest absolute Gasteiger partial charge is 0.449 e. The Bertz CT molecular complexity index is 1190. The Kier molecular flexibility index (Phi) is 5.79. The van der Waals surface area contributed by atoms with Crippen LogP contribution in [0.25, 0.3) is 16.9 Å². The molecule has 4 aromatic rings. The van der Waals surface area contributed by atoms with Crippen LogP contribution in [0.4, 0.5) is 20.7 Å². The van der Waals surface area contributed by atoms with Crippen LogP contribution in [0.3, 0.4) is 0 Å². The molecular weight excluding hydrogens is 397 g/mol. The van der Waals surface area contributed by atoms with E-state index in [2.05, 4.69) is 20.6 Å². The van der Waals surface area contributed by atoms with Crippen molar-refractivity contribution in [1.29, 1.82) is 0 Å². The third-order valence-corrected chi connectivity index (χ3v) is 5.00. The molecule has 2 aromatic heterocycles. The van der Waals surface area contributed by atoms with Crippen molar-refractivity contribution in [2.24, 2.45) is 0 Å². The summed E-state index contributed by atoms with van der Waals surface area (Å²) in [6.07, 6.45) is 4.81. The van der Waals surface area contributed by atoms with Crippen LogP contribution in [0, 0.1) is 5.82 Å². The molecule has 0 aliphatic heterocycles. The van der Waals surface area contributed by atoms with Gasteiger partial charge in [-0.05, 0) is 29.8 Å². The molecule has 1 atom stereocenters. The number of ether oxygens (including phenoxy) is 1. The highest BCUT2D eigenvalue weighted by Crippen LogP contribution is 2.24. The molecule has 158 valence electrons. The monoisotopic (exact) mass is 419 g/mol. The van der Waals surface area contributed by atoms with Crippen LogP contribution in [0.15, 0.2) is 67.1 Å². The fourth-order valence-electron chi connectivity index (χ4n) is 3.28. The van der Waals surface area contributed by atoms with Gasteiger partial charge in [0.2, 0.25) is 0 Å². The molecule has 2 heterocycles. The predicted molar refractivity (Wildman–Crippen MR) is 118 cm³/mol. The van der Waals surface area contributed by atoms with Gasteiger partial charge in [-0.15, -0.1) is 0 Å². The lowest BCUT2D eigenvalue weighted by Gasteiger charge is -2.13. The van der Waals surface area contributed by atoms with E-state index < -0.39 is 6.09 Å². The van der Waals surface area contributed by atoms with Crippen molar-refractivity contribution in [3.63, 3.8) is 0 Å². The van der Waals surface area contributed by atoms with E-state index in [-0.39, 0.29) is 18.3 Å². The number of hydrogen-bond acceptors (Lipinski definition) is 5. The van der Waals surface area contributed by atoms with E-state index in [0.717, 1.165) is 22.5 Å². The number of anilines is 2. The number of benzene rings is 2. The lowest BCUT2D eigenvalue weighted by atomic mass is 10.0. The summed E-state index contributed by atoms with van der Waals surface area (Å²) in [4.78, 5) is 20.8. The molecule has 4 rings (SSSR count). The van der Waals surface area contributed by atoms with Crippen LogP contribution in [0.5, 0.6) is 0 Å². The molecule has 0 fully saturated rings. The zero-order valence-corrected chi connectivity index (χ0v) is 17.2. The first kappa shape index (κ1) is 20.3. The molecule has 0 bridgehead atoms. The van der Waals surface area contributed by atoms with E-state index in [1.54, 1.807) is 43.7 Å². The molecule has 0 saturated heterocycles. The quantitative estimate of drug-likeness (QED) is 0.463. The molecule has 0 aliphatic carbocycles. The number of fused-ring (bicyclic) bond motifs is 1. The molecule has 8 heteroatoms. The number of carbonyl (C=O) groups excluding carboxylic acids is 1. The summed E-state index contributed by atoms with van der Waals surface area (Å²) in [5.41, 5.74) is 4.12. The number of imidazole rings is 1. The number of rotatable bonds is 6. The molecule has 0 aliphatic rings.